The standard InChI is InChI=1S/C17H13ClF3N5O2/c18-16-5-4-14(9-15(16)17(19,20)21)28-7-6-25(11-27)12-2-1-3-13(8-12)26-10-22-23-24-26/h1-5,8-11H,6-7H2. The molecule has 3 rings (SSSR count). The molecule has 0 unspecified atom stereocenters. The van der Waals surface area contributed by atoms with Gasteiger partial charge in [-0.25, -0.2) is 4.68 Å². The second-order valence-electron chi connectivity index (χ2n) is 5.56. The van der Waals surface area contributed by atoms with Gasteiger partial charge in [0.05, 0.1) is 22.8 Å². The quantitative estimate of drug-likeness (QED) is 0.557. The van der Waals surface area contributed by atoms with Crippen LogP contribution in [0.2, 0.25) is 5.02 Å². The maximum atomic E-state index is 12.9. The van der Waals surface area contributed by atoms with Crippen molar-refractivity contribution < 1.29 is 22.7 Å². The Morgan fingerprint density at radius 1 is 1.21 bits per heavy atom. The van der Waals surface area contributed by atoms with E-state index in [4.69, 9.17) is 16.3 Å². The zero-order valence-corrected chi connectivity index (χ0v) is 14.9. The summed E-state index contributed by atoms with van der Waals surface area (Å²) in [5.74, 6) is 0.00464. The lowest BCUT2D eigenvalue weighted by atomic mass is 10.2. The second-order valence-corrected chi connectivity index (χ2v) is 5.97. The highest BCUT2D eigenvalue weighted by atomic mass is 35.5. The summed E-state index contributed by atoms with van der Waals surface area (Å²) < 4.78 is 45.5. The van der Waals surface area contributed by atoms with Crippen LogP contribution in [0.3, 0.4) is 0 Å². The lowest BCUT2D eigenvalue weighted by Gasteiger charge is -2.19. The van der Waals surface area contributed by atoms with E-state index in [0.29, 0.717) is 17.8 Å². The van der Waals surface area contributed by atoms with Crippen LogP contribution in [0.5, 0.6) is 5.75 Å². The third kappa shape index (κ3) is 4.58. The molecule has 1 amide bonds. The third-order valence-electron chi connectivity index (χ3n) is 3.75. The number of hydrogen-bond donors (Lipinski definition) is 0. The number of rotatable bonds is 7. The highest BCUT2D eigenvalue weighted by molar-refractivity contribution is 6.31. The number of hydrogen-bond acceptors (Lipinski definition) is 5. The van der Waals surface area contributed by atoms with Gasteiger partial charge in [0.25, 0.3) is 0 Å². The number of tetrazole rings is 1. The fraction of sp³-hybridized carbons (Fsp3) is 0.176. The Bertz CT molecular complexity index is 950. The van der Waals surface area contributed by atoms with Crippen LogP contribution in [0.15, 0.2) is 48.8 Å². The van der Waals surface area contributed by atoms with E-state index in [1.807, 2.05) is 0 Å². The average Bonchev–Trinajstić information content (AvgIpc) is 3.20. The Labute approximate surface area is 162 Å². The van der Waals surface area contributed by atoms with Crippen molar-refractivity contribution in [1.29, 1.82) is 0 Å². The molecule has 0 N–H and O–H groups in total. The van der Waals surface area contributed by atoms with Crippen LogP contribution in [0.25, 0.3) is 5.69 Å². The Balaban J connectivity index is 1.67. The number of aromatic nitrogens is 4. The molecule has 2 aromatic carbocycles. The van der Waals surface area contributed by atoms with Crippen LogP contribution < -0.4 is 9.64 Å². The summed E-state index contributed by atoms with van der Waals surface area (Å²) >= 11 is 5.58. The number of halogens is 4. The first-order valence-corrected chi connectivity index (χ1v) is 8.31. The van der Waals surface area contributed by atoms with Gasteiger partial charge in [-0.3, -0.25) is 4.79 Å². The van der Waals surface area contributed by atoms with E-state index in [-0.39, 0.29) is 18.9 Å². The molecule has 0 atom stereocenters. The van der Waals surface area contributed by atoms with Crippen molar-refractivity contribution in [3.8, 4) is 11.4 Å². The number of benzene rings is 2. The topological polar surface area (TPSA) is 73.1 Å². The first-order valence-electron chi connectivity index (χ1n) is 7.93. The fourth-order valence-corrected chi connectivity index (χ4v) is 2.63. The van der Waals surface area contributed by atoms with Gasteiger partial charge < -0.3 is 9.64 Å². The van der Waals surface area contributed by atoms with Gasteiger partial charge in [-0.2, -0.15) is 13.2 Å². The van der Waals surface area contributed by atoms with Crippen LogP contribution in [0.4, 0.5) is 18.9 Å². The van der Waals surface area contributed by atoms with Crippen LogP contribution in [-0.4, -0.2) is 39.8 Å². The summed E-state index contributed by atoms with van der Waals surface area (Å²) in [6.07, 6.45) is -2.57. The fourth-order valence-electron chi connectivity index (χ4n) is 2.41. The second kappa shape index (κ2) is 8.26. The number of anilines is 1. The van der Waals surface area contributed by atoms with Crippen molar-refractivity contribution in [3.05, 3.63) is 59.4 Å². The van der Waals surface area contributed by atoms with Crippen molar-refractivity contribution >= 4 is 23.7 Å². The normalized spacial score (nSPS) is 11.3. The zero-order valence-electron chi connectivity index (χ0n) is 14.2. The predicted octanol–water partition coefficient (Wildman–Crippen LogP) is 3.38. The summed E-state index contributed by atoms with van der Waals surface area (Å²) in [6.45, 7) is 0.0965. The molecule has 7 nitrogen and oxygen atoms in total. The van der Waals surface area contributed by atoms with Crippen molar-refractivity contribution in [1.82, 2.24) is 20.2 Å². The molecule has 0 aliphatic heterocycles. The minimum Gasteiger partial charge on any atom is -0.492 e. The minimum absolute atomic E-state index is 0.00464. The molecule has 146 valence electrons. The molecule has 0 saturated carbocycles. The smallest absolute Gasteiger partial charge is 0.417 e. The first kappa shape index (κ1) is 19.6. The summed E-state index contributed by atoms with van der Waals surface area (Å²) in [5.41, 5.74) is 0.217. The summed E-state index contributed by atoms with van der Waals surface area (Å²) in [5, 5.41) is 10.5. The van der Waals surface area contributed by atoms with E-state index >= 15 is 0 Å². The Morgan fingerprint density at radius 2 is 2.04 bits per heavy atom. The van der Waals surface area contributed by atoms with E-state index in [9.17, 15) is 18.0 Å². The van der Waals surface area contributed by atoms with Crippen LogP contribution in [0.1, 0.15) is 5.56 Å². The molecular formula is C17H13ClF3N5O2. The molecule has 0 aliphatic rings. The van der Waals surface area contributed by atoms with Crippen molar-refractivity contribution in [2.75, 3.05) is 18.1 Å². The van der Waals surface area contributed by atoms with Crippen LogP contribution >= 0.6 is 11.6 Å². The molecule has 0 radical (unpaired) electrons. The number of alkyl halides is 3. The lowest BCUT2D eigenvalue weighted by molar-refractivity contribution is -0.137. The van der Waals surface area contributed by atoms with E-state index in [1.54, 1.807) is 24.3 Å². The summed E-state index contributed by atoms with van der Waals surface area (Å²) in [4.78, 5) is 12.8. The van der Waals surface area contributed by atoms with E-state index < -0.39 is 16.8 Å². The molecule has 1 aromatic heterocycles. The Morgan fingerprint density at radius 3 is 2.71 bits per heavy atom. The van der Waals surface area contributed by atoms with Gasteiger partial charge in [-0.15, -0.1) is 5.10 Å². The van der Waals surface area contributed by atoms with Gasteiger partial charge >= 0.3 is 6.18 Å². The van der Waals surface area contributed by atoms with Gasteiger partial charge in [0.1, 0.15) is 18.7 Å². The third-order valence-corrected chi connectivity index (χ3v) is 4.08. The Hall–Kier alpha value is -3.14. The van der Waals surface area contributed by atoms with Gasteiger partial charge in [0.15, 0.2) is 0 Å². The number of carbonyl (C=O) groups is 1. The largest absolute Gasteiger partial charge is 0.492 e. The number of amides is 1. The molecule has 0 aliphatic carbocycles. The van der Waals surface area contributed by atoms with Gasteiger partial charge in [0.2, 0.25) is 6.41 Å². The average molecular weight is 412 g/mol. The zero-order chi connectivity index (χ0) is 20.1. The first-order chi connectivity index (χ1) is 13.4. The summed E-state index contributed by atoms with van der Waals surface area (Å²) in [7, 11) is 0. The van der Waals surface area contributed by atoms with Crippen molar-refractivity contribution in [3.63, 3.8) is 0 Å². The van der Waals surface area contributed by atoms with E-state index in [2.05, 4.69) is 15.5 Å². The Kier molecular flexibility index (Phi) is 5.78. The maximum absolute atomic E-state index is 12.9. The summed E-state index contributed by atoms with van der Waals surface area (Å²) in [6, 6.07) is 10.1. The number of nitrogens with zero attached hydrogens (tertiary/aromatic N) is 5. The maximum Gasteiger partial charge on any atom is 0.417 e. The molecule has 11 heteroatoms. The van der Waals surface area contributed by atoms with Crippen LogP contribution in [0, 0.1) is 0 Å². The predicted molar refractivity (Wildman–Crippen MR) is 94.5 cm³/mol. The molecule has 0 saturated heterocycles. The molecule has 0 bridgehead atoms. The molecule has 28 heavy (non-hydrogen) atoms. The SMILES string of the molecule is O=CN(CCOc1ccc(Cl)c(C(F)(F)F)c1)c1cccc(-n2cnnn2)c1. The number of carbonyl (C=O) groups excluding carboxylic acids is 1. The lowest BCUT2D eigenvalue weighted by Crippen LogP contribution is -2.27. The van der Waals surface area contributed by atoms with Gasteiger partial charge in [-0.05, 0) is 46.8 Å². The molecule has 3 aromatic rings. The van der Waals surface area contributed by atoms with E-state index in [0.717, 1.165) is 12.1 Å². The van der Waals surface area contributed by atoms with Gasteiger partial charge in [0, 0.05) is 5.69 Å². The van der Waals surface area contributed by atoms with Crippen molar-refractivity contribution in [2.24, 2.45) is 0 Å². The van der Waals surface area contributed by atoms with Crippen LogP contribution in [-0.2, 0) is 11.0 Å². The minimum atomic E-state index is -4.58. The van der Waals surface area contributed by atoms with Gasteiger partial charge in [-0.1, -0.05) is 17.7 Å². The highest BCUT2D eigenvalue weighted by Gasteiger charge is 2.33. The molecule has 0 spiro atoms. The molecule has 1 heterocycles. The number of ether oxygens (including phenoxy) is 1. The highest BCUT2D eigenvalue weighted by Crippen LogP contribution is 2.36. The molecular weight excluding hydrogens is 399 g/mol. The molecule has 0 fully saturated rings. The van der Waals surface area contributed by atoms with E-state index in [1.165, 1.54) is 22.0 Å². The van der Waals surface area contributed by atoms with Crippen molar-refractivity contribution in [2.45, 2.75) is 6.18 Å². The monoisotopic (exact) mass is 411 g/mol.